The van der Waals surface area contributed by atoms with Crippen LogP contribution in [0.3, 0.4) is 0 Å². The summed E-state index contributed by atoms with van der Waals surface area (Å²) in [7, 11) is 0. The SMILES string of the molecule is Cc1noc(C(C)C)c1C(=O)N1CCC(N2CCNCC2)C1.Cl. The molecule has 3 heterocycles. The van der Waals surface area contributed by atoms with Crippen molar-refractivity contribution in [3.63, 3.8) is 0 Å². The second kappa shape index (κ2) is 7.64. The van der Waals surface area contributed by atoms with Crippen LogP contribution >= 0.6 is 12.4 Å². The van der Waals surface area contributed by atoms with E-state index < -0.39 is 0 Å². The van der Waals surface area contributed by atoms with Gasteiger partial charge in [0.15, 0.2) is 5.76 Å². The van der Waals surface area contributed by atoms with Gasteiger partial charge in [0.25, 0.3) is 5.91 Å². The van der Waals surface area contributed by atoms with Gasteiger partial charge in [-0.15, -0.1) is 12.4 Å². The molecule has 2 aliphatic rings. The number of nitrogens with one attached hydrogen (secondary N) is 1. The van der Waals surface area contributed by atoms with E-state index in [0.717, 1.165) is 45.7 Å². The van der Waals surface area contributed by atoms with Gasteiger partial charge in [-0.05, 0) is 13.3 Å². The molecule has 1 amide bonds. The third-order valence-corrected chi connectivity index (χ3v) is 4.75. The predicted molar refractivity (Wildman–Crippen MR) is 91.3 cm³/mol. The van der Waals surface area contributed by atoms with Gasteiger partial charge >= 0.3 is 0 Å². The minimum Gasteiger partial charge on any atom is -0.360 e. The van der Waals surface area contributed by atoms with Gasteiger partial charge in [0.1, 0.15) is 5.56 Å². The van der Waals surface area contributed by atoms with E-state index in [1.807, 2.05) is 25.7 Å². The number of hydrogen-bond acceptors (Lipinski definition) is 5. The molecule has 1 aromatic heterocycles. The van der Waals surface area contributed by atoms with Gasteiger partial charge in [-0.2, -0.15) is 0 Å². The van der Waals surface area contributed by atoms with E-state index in [1.54, 1.807) is 0 Å². The van der Waals surface area contributed by atoms with Crippen molar-refractivity contribution < 1.29 is 9.32 Å². The van der Waals surface area contributed by atoms with E-state index in [4.69, 9.17) is 4.52 Å². The Morgan fingerprint density at radius 2 is 2.00 bits per heavy atom. The molecule has 2 fully saturated rings. The van der Waals surface area contributed by atoms with E-state index in [2.05, 4.69) is 15.4 Å². The quantitative estimate of drug-likeness (QED) is 0.905. The van der Waals surface area contributed by atoms with Gasteiger partial charge < -0.3 is 14.7 Å². The zero-order valence-corrected chi connectivity index (χ0v) is 15.0. The molecule has 1 unspecified atom stereocenters. The van der Waals surface area contributed by atoms with Gasteiger partial charge in [0.2, 0.25) is 0 Å². The van der Waals surface area contributed by atoms with Gasteiger partial charge in [0, 0.05) is 51.2 Å². The van der Waals surface area contributed by atoms with Crippen LogP contribution in [0.2, 0.25) is 0 Å². The Labute approximate surface area is 144 Å². The fourth-order valence-electron chi connectivity index (χ4n) is 3.47. The number of carbonyl (C=O) groups is 1. The third-order valence-electron chi connectivity index (χ3n) is 4.75. The highest BCUT2D eigenvalue weighted by molar-refractivity contribution is 5.96. The maximum atomic E-state index is 12.9. The van der Waals surface area contributed by atoms with Crippen LogP contribution in [0.25, 0.3) is 0 Å². The summed E-state index contributed by atoms with van der Waals surface area (Å²) in [6, 6.07) is 0.494. The number of piperazine rings is 1. The Morgan fingerprint density at radius 1 is 1.30 bits per heavy atom. The monoisotopic (exact) mass is 342 g/mol. The molecule has 23 heavy (non-hydrogen) atoms. The summed E-state index contributed by atoms with van der Waals surface area (Å²) in [4.78, 5) is 17.4. The topological polar surface area (TPSA) is 61.6 Å². The molecule has 2 saturated heterocycles. The highest BCUT2D eigenvalue weighted by Gasteiger charge is 2.34. The number of hydrogen-bond donors (Lipinski definition) is 1. The van der Waals surface area contributed by atoms with Gasteiger partial charge in [-0.25, -0.2) is 0 Å². The summed E-state index contributed by atoms with van der Waals surface area (Å²) >= 11 is 0. The number of halogens is 1. The van der Waals surface area contributed by atoms with E-state index in [1.165, 1.54) is 0 Å². The zero-order chi connectivity index (χ0) is 15.7. The molecule has 1 aromatic rings. The van der Waals surface area contributed by atoms with Crippen molar-refractivity contribution in [2.24, 2.45) is 0 Å². The molecule has 130 valence electrons. The Kier molecular flexibility index (Phi) is 6.06. The molecular weight excluding hydrogens is 316 g/mol. The zero-order valence-electron chi connectivity index (χ0n) is 14.2. The highest BCUT2D eigenvalue weighted by Crippen LogP contribution is 2.26. The molecule has 0 saturated carbocycles. The molecule has 7 heteroatoms. The van der Waals surface area contributed by atoms with Crippen LogP contribution in [0, 0.1) is 6.92 Å². The van der Waals surface area contributed by atoms with Gasteiger partial charge in [0.05, 0.1) is 5.69 Å². The molecule has 0 aliphatic carbocycles. The molecule has 2 aliphatic heterocycles. The van der Waals surface area contributed by atoms with Gasteiger partial charge in [-0.1, -0.05) is 19.0 Å². The number of rotatable bonds is 3. The summed E-state index contributed by atoms with van der Waals surface area (Å²) in [5.74, 6) is 0.972. The first kappa shape index (κ1) is 18.2. The number of nitrogens with zero attached hydrogens (tertiary/aromatic N) is 3. The summed E-state index contributed by atoms with van der Waals surface area (Å²) in [6.07, 6.45) is 1.06. The third kappa shape index (κ3) is 3.70. The molecule has 1 N–H and O–H groups in total. The van der Waals surface area contributed by atoms with Crippen LogP contribution in [0.15, 0.2) is 4.52 Å². The van der Waals surface area contributed by atoms with Crippen molar-refractivity contribution in [1.82, 2.24) is 20.3 Å². The van der Waals surface area contributed by atoms with E-state index in [0.29, 0.717) is 23.1 Å². The lowest BCUT2D eigenvalue weighted by molar-refractivity contribution is 0.0770. The second-order valence-electron chi connectivity index (χ2n) is 6.64. The molecule has 0 aromatic carbocycles. The van der Waals surface area contributed by atoms with E-state index in [9.17, 15) is 4.79 Å². The first-order chi connectivity index (χ1) is 10.6. The average molecular weight is 343 g/mol. The normalized spacial score (nSPS) is 22.4. The number of aromatic nitrogens is 1. The average Bonchev–Trinajstić information content (AvgIpc) is 3.14. The summed E-state index contributed by atoms with van der Waals surface area (Å²) in [5, 5.41) is 7.38. The number of likely N-dealkylation sites (tertiary alicyclic amines) is 1. The largest absolute Gasteiger partial charge is 0.360 e. The van der Waals surface area contributed by atoms with Crippen LogP contribution in [0.1, 0.15) is 48.0 Å². The first-order valence-electron chi connectivity index (χ1n) is 8.28. The minimum absolute atomic E-state index is 0. The Bertz CT molecular complexity index is 540. The maximum Gasteiger partial charge on any atom is 0.259 e. The van der Waals surface area contributed by atoms with Crippen LogP contribution in [-0.4, -0.2) is 66.2 Å². The fraction of sp³-hybridized carbons (Fsp3) is 0.750. The first-order valence-corrected chi connectivity index (χ1v) is 8.28. The lowest BCUT2D eigenvalue weighted by Gasteiger charge is -2.32. The molecule has 6 nitrogen and oxygen atoms in total. The molecule has 0 spiro atoms. The van der Waals surface area contributed by atoms with Crippen molar-refractivity contribution in [1.29, 1.82) is 0 Å². The fourth-order valence-corrected chi connectivity index (χ4v) is 3.47. The number of amides is 1. The smallest absolute Gasteiger partial charge is 0.259 e. The molecule has 0 radical (unpaired) electrons. The molecule has 0 bridgehead atoms. The van der Waals surface area contributed by atoms with Crippen molar-refractivity contribution >= 4 is 18.3 Å². The minimum atomic E-state index is 0. The van der Waals surface area contributed by atoms with Crippen LogP contribution in [0.5, 0.6) is 0 Å². The summed E-state index contributed by atoms with van der Waals surface area (Å²) in [6.45, 7) is 11.8. The number of aryl methyl sites for hydroxylation is 1. The predicted octanol–water partition coefficient (Wildman–Crippen LogP) is 1.65. The van der Waals surface area contributed by atoms with Crippen molar-refractivity contribution in [3.05, 3.63) is 17.0 Å². The van der Waals surface area contributed by atoms with Crippen molar-refractivity contribution in [2.75, 3.05) is 39.3 Å². The molecule has 3 rings (SSSR count). The maximum absolute atomic E-state index is 12.9. The van der Waals surface area contributed by atoms with Crippen LogP contribution < -0.4 is 5.32 Å². The van der Waals surface area contributed by atoms with Crippen LogP contribution in [-0.2, 0) is 0 Å². The van der Waals surface area contributed by atoms with Crippen molar-refractivity contribution in [3.8, 4) is 0 Å². The lowest BCUT2D eigenvalue weighted by atomic mass is 10.0. The second-order valence-corrected chi connectivity index (χ2v) is 6.64. The molecular formula is C16H27ClN4O2. The Hall–Kier alpha value is -1.11. The highest BCUT2D eigenvalue weighted by atomic mass is 35.5. The number of carbonyl (C=O) groups excluding carboxylic acids is 1. The standard InChI is InChI=1S/C16H26N4O2.ClH/c1-11(2)15-14(12(3)18-22-15)16(21)20-7-4-13(10-20)19-8-5-17-6-9-19;/h11,13,17H,4-10H2,1-3H3;1H. The van der Waals surface area contributed by atoms with E-state index in [-0.39, 0.29) is 24.2 Å². The molecule has 1 atom stereocenters. The van der Waals surface area contributed by atoms with Crippen LogP contribution in [0.4, 0.5) is 0 Å². The summed E-state index contributed by atoms with van der Waals surface area (Å²) in [5.41, 5.74) is 1.38. The lowest BCUT2D eigenvalue weighted by Crippen LogP contribution is -2.49. The van der Waals surface area contributed by atoms with E-state index >= 15 is 0 Å². The summed E-state index contributed by atoms with van der Waals surface area (Å²) < 4.78 is 5.36. The Balaban J connectivity index is 0.00000192. The van der Waals surface area contributed by atoms with Gasteiger partial charge in [-0.3, -0.25) is 9.69 Å². The Morgan fingerprint density at radius 3 is 2.65 bits per heavy atom. The van der Waals surface area contributed by atoms with Crippen molar-refractivity contribution in [2.45, 2.75) is 39.2 Å².